The molecule has 1 aliphatic rings. The maximum absolute atomic E-state index is 13.8. The van der Waals surface area contributed by atoms with E-state index in [0.717, 1.165) is 19.4 Å². The van der Waals surface area contributed by atoms with Gasteiger partial charge in [0.2, 0.25) is 0 Å². The third kappa shape index (κ3) is 2.48. The van der Waals surface area contributed by atoms with E-state index >= 15 is 0 Å². The molecule has 1 nitrogen and oxygen atoms in total. The van der Waals surface area contributed by atoms with E-state index in [2.05, 4.69) is 19.2 Å². The van der Waals surface area contributed by atoms with E-state index in [-0.39, 0.29) is 11.4 Å². The Morgan fingerprint density at radius 3 is 2.76 bits per heavy atom. The Morgan fingerprint density at radius 1 is 1.47 bits per heavy atom. The summed E-state index contributed by atoms with van der Waals surface area (Å²) in [5.41, 5.74) is 0.656. The molecule has 1 heterocycles. The van der Waals surface area contributed by atoms with Gasteiger partial charge in [-0.05, 0) is 43.9 Å². The lowest BCUT2D eigenvalue weighted by atomic mass is 9.79. The van der Waals surface area contributed by atoms with Crippen molar-refractivity contribution in [2.75, 3.05) is 6.54 Å². The van der Waals surface area contributed by atoms with Gasteiger partial charge < -0.3 is 5.32 Å². The molecule has 17 heavy (non-hydrogen) atoms. The number of nitrogens with one attached hydrogen (secondary N) is 1. The van der Waals surface area contributed by atoms with Crippen LogP contribution in [-0.2, 0) is 6.42 Å². The Balaban J connectivity index is 2.30. The maximum atomic E-state index is 13.8. The molecule has 1 unspecified atom stereocenters. The van der Waals surface area contributed by atoms with E-state index < -0.39 is 0 Å². The monoisotopic (exact) mass is 255 g/mol. The largest absolute Gasteiger partial charge is 0.311 e. The van der Waals surface area contributed by atoms with Gasteiger partial charge in [-0.15, -0.1) is 0 Å². The van der Waals surface area contributed by atoms with E-state index in [4.69, 9.17) is 11.6 Å². The first-order valence-electron chi connectivity index (χ1n) is 6.23. The van der Waals surface area contributed by atoms with Crippen molar-refractivity contribution >= 4 is 11.6 Å². The van der Waals surface area contributed by atoms with Crippen LogP contribution in [0.4, 0.5) is 4.39 Å². The molecule has 0 bridgehead atoms. The Bertz CT molecular complexity index is 377. The predicted octanol–water partition coefficient (Wildman–Crippen LogP) is 3.80. The van der Waals surface area contributed by atoms with E-state index in [1.54, 1.807) is 12.1 Å². The molecule has 2 rings (SSSR count). The highest BCUT2D eigenvalue weighted by Gasteiger charge is 2.37. The van der Waals surface area contributed by atoms with Gasteiger partial charge in [-0.1, -0.05) is 31.5 Å². The highest BCUT2D eigenvalue weighted by molar-refractivity contribution is 6.31. The smallest absolute Gasteiger partial charge is 0.127 e. The molecule has 1 N–H and O–H groups in total. The van der Waals surface area contributed by atoms with Gasteiger partial charge in [0.15, 0.2) is 0 Å². The zero-order valence-electron chi connectivity index (χ0n) is 10.4. The van der Waals surface area contributed by atoms with Gasteiger partial charge in [0.1, 0.15) is 5.82 Å². The summed E-state index contributed by atoms with van der Waals surface area (Å²) in [4.78, 5) is 0. The molecule has 0 aliphatic carbocycles. The highest BCUT2D eigenvalue weighted by Crippen LogP contribution is 2.34. The van der Waals surface area contributed by atoms with Crippen LogP contribution in [0.1, 0.15) is 32.3 Å². The fraction of sp³-hybridized carbons (Fsp3) is 0.571. The van der Waals surface area contributed by atoms with Gasteiger partial charge >= 0.3 is 0 Å². The minimum absolute atomic E-state index is 0.00579. The number of rotatable bonds is 3. The van der Waals surface area contributed by atoms with Crippen molar-refractivity contribution in [1.82, 2.24) is 5.32 Å². The molecule has 0 amide bonds. The van der Waals surface area contributed by atoms with Crippen LogP contribution in [0.15, 0.2) is 18.2 Å². The second-order valence-electron chi connectivity index (χ2n) is 5.22. The van der Waals surface area contributed by atoms with Crippen LogP contribution in [0.25, 0.3) is 0 Å². The topological polar surface area (TPSA) is 12.0 Å². The van der Waals surface area contributed by atoms with Crippen molar-refractivity contribution in [3.63, 3.8) is 0 Å². The first-order chi connectivity index (χ1) is 8.05. The fourth-order valence-corrected chi connectivity index (χ4v) is 2.92. The van der Waals surface area contributed by atoms with Crippen molar-refractivity contribution in [3.05, 3.63) is 34.6 Å². The van der Waals surface area contributed by atoms with Crippen molar-refractivity contribution in [3.8, 4) is 0 Å². The average Bonchev–Trinajstić information content (AvgIpc) is 2.73. The lowest BCUT2D eigenvalue weighted by Crippen LogP contribution is -2.47. The van der Waals surface area contributed by atoms with Gasteiger partial charge in [-0.2, -0.15) is 0 Å². The second-order valence-corrected chi connectivity index (χ2v) is 5.63. The van der Waals surface area contributed by atoms with Gasteiger partial charge in [-0.25, -0.2) is 4.39 Å². The summed E-state index contributed by atoms with van der Waals surface area (Å²) in [5, 5.41) is 4.09. The van der Waals surface area contributed by atoms with Gasteiger partial charge in [0.25, 0.3) is 0 Å². The van der Waals surface area contributed by atoms with Crippen LogP contribution in [0.2, 0.25) is 5.02 Å². The molecule has 1 aromatic rings. The molecule has 0 spiro atoms. The molecule has 0 aromatic heterocycles. The predicted molar refractivity (Wildman–Crippen MR) is 69.9 cm³/mol. The quantitative estimate of drug-likeness (QED) is 0.866. The highest BCUT2D eigenvalue weighted by atomic mass is 35.5. The van der Waals surface area contributed by atoms with Crippen LogP contribution < -0.4 is 5.32 Å². The molecule has 1 aliphatic heterocycles. The Hall–Kier alpha value is -0.600. The van der Waals surface area contributed by atoms with Crippen molar-refractivity contribution in [2.24, 2.45) is 5.92 Å². The summed E-state index contributed by atoms with van der Waals surface area (Å²) < 4.78 is 13.8. The number of benzene rings is 1. The number of hydrogen-bond acceptors (Lipinski definition) is 1. The normalized spacial score (nSPS) is 24.5. The molecule has 1 aromatic carbocycles. The average molecular weight is 256 g/mol. The first-order valence-corrected chi connectivity index (χ1v) is 6.61. The van der Waals surface area contributed by atoms with E-state index in [1.807, 2.05) is 0 Å². The Labute approximate surface area is 107 Å². The summed E-state index contributed by atoms with van der Waals surface area (Å²) in [6.45, 7) is 5.39. The summed E-state index contributed by atoms with van der Waals surface area (Å²) in [7, 11) is 0. The molecule has 1 saturated heterocycles. The molecule has 3 heteroatoms. The molecular weight excluding hydrogens is 237 g/mol. The molecule has 1 atom stereocenters. The summed E-state index contributed by atoms with van der Waals surface area (Å²) in [6.07, 6.45) is 2.93. The van der Waals surface area contributed by atoms with E-state index in [9.17, 15) is 4.39 Å². The molecule has 0 saturated carbocycles. The zero-order valence-corrected chi connectivity index (χ0v) is 11.1. The van der Waals surface area contributed by atoms with Crippen LogP contribution >= 0.6 is 11.6 Å². The third-order valence-electron chi connectivity index (χ3n) is 3.94. The Kier molecular flexibility index (Phi) is 3.74. The lowest BCUT2D eigenvalue weighted by Gasteiger charge is -2.34. The van der Waals surface area contributed by atoms with Crippen molar-refractivity contribution in [1.29, 1.82) is 0 Å². The third-order valence-corrected chi connectivity index (χ3v) is 4.29. The number of halogens is 2. The summed E-state index contributed by atoms with van der Waals surface area (Å²) in [6, 6.07) is 4.92. The number of hydrogen-bond donors (Lipinski definition) is 1. The van der Waals surface area contributed by atoms with Crippen molar-refractivity contribution < 1.29 is 4.39 Å². The first kappa shape index (κ1) is 12.8. The SMILES string of the molecule is CC(C)C1(Cc2c(F)cccc2Cl)CCCN1. The van der Waals surface area contributed by atoms with Crippen LogP contribution in [0, 0.1) is 11.7 Å². The van der Waals surface area contributed by atoms with Crippen LogP contribution in [0.3, 0.4) is 0 Å². The zero-order chi connectivity index (χ0) is 12.5. The van der Waals surface area contributed by atoms with E-state index in [0.29, 0.717) is 22.9 Å². The second kappa shape index (κ2) is 4.95. The summed E-state index contributed by atoms with van der Waals surface area (Å²) >= 11 is 6.11. The molecule has 94 valence electrons. The lowest BCUT2D eigenvalue weighted by molar-refractivity contribution is 0.266. The van der Waals surface area contributed by atoms with Crippen LogP contribution in [-0.4, -0.2) is 12.1 Å². The van der Waals surface area contributed by atoms with E-state index in [1.165, 1.54) is 6.07 Å². The molecule has 1 fully saturated rings. The van der Waals surface area contributed by atoms with Gasteiger partial charge in [0, 0.05) is 16.1 Å². The van der Waals surface area contributed by atoms with Crippen LogP contribution in [0.5, 0.6) is 0 Å². The molecule has 0 radical (unpaired) electrons. The fourth-order valence-electron chi connectivity index (χ4n) is 2.69. The maximum Gasteiger partial charge on any atom is 0.127 e. The van der Waals surface area contributed by atoms with Gasteiger partial charge in [-0.3, -0.25) is 0 Å². The standard InChI is InChI=1S/C14H19ClFN/c1-10(2)14(7-4-8-17-14)9-11-12(15)5-3-6-13(11)16/h3,5-6,10,17H,4,7-9H2,1-2H3. The minimum atomic E-state index is -0.189. The summed E-state index contributed by atoms with van der Waals surface area (Å²) in [5.74, 6) is 0.284. The molecular formula is C14H19ClFN. The Morgan fingerprint density at radius 2 is 2.24 bits per heavy atom. The minimum Gasteiger partial charge on any atom is -0.311 e. The van der Waals surface area contributed by atoms with Crippen molar-refractivity contribution in [2.45, 2.75) is 38.6 Å². The van der Waals surface area contributed by atoms with Gasteiger partial charge in [0.05, 0.1) is 0 Å².